The molecule has 2 aromatic heterocycles. The van der Waals surface area contributed by atoms with Crippen LogP contribution in [0.25, 0.3) is 11.1 Å². The van der Waals surface area contributed by atoms with Crippen LogP contribution in [0.2, 0.25) is 0 Å². The zero-order chi connectivity index (χ0) is 22.4. The van der Waals surface area contributed by atoms with Crippen LogP contribution in [0.3, 0.4) is 0 Å². The molecule has 0 aliphatic heterocycles. The van der Waals surface area contributed by atoms with Crippen molar-refractivity contribution in [2.75, 3.05) is 19.1 Å². The van der Waals surface area contributed by atoms with E-state index in [4.69, 9.17) is 4.74 Å². The molecule has 1 aromatic carbocycles. The van der Waals surface area contributed by atoms with E-state index in [1.165, 1.54) is 0 Å². The number of carbonyl (C=O) groups is 2. The predicted octanol–water partition coefficient (Wildman–Crippen LogP) is 4.65. The lowest BCUT2D eigenvalue weighted by Crippen LogP contribution is -2.25. The Hall–Kier alpha value is -3.54. The molecule has 6 heteroatoms. The van der Waals surface area contributed by atoms with Crippen molar-refractivity contribution in [3.63, 3.8) is 0 Å². The number of benzene rings is 1. The number of methoxy groups -OCH3 is 1. The van der Waals surface area contributed by atoms with E-state index in [9.17, 15) is 9.59 Å². The molecule has 0 radical (unpaired) electrons. The number of hydrogen-bond acceptors (Lipinski definition) is 5. The van der Waals surface area contributed by atoms with Gasteiger partial charge in [-0.25, -0.2) is 4.98 Å². The molecule has 0 bridgehead atoms. The number of hydrogen-bond donors (Lipinski definition) is 0. The Balaban J connectivity index is 1.71. The maximum atomic E-state index is 12.6. The number of ketones is 1. The maximum Gasteiger partial charge on any atom is 0.226 e. The summed E-state index contributed by atoms with van der Waals surface area (Å²) in [4.78, 5) is 34.7. The number of aryl methyl sites for hydroxylation is 2. The first-order valence-electron chi connectivity index (χ1n) is 10.3. The second-order valence-corrected chi connectivity index (χ2v) is 7.33. The first-order chi connectivity index (χ1) is 14.9. The van der Waals surface area contributed by atoms with Crippen LogP contribution >= 0.6 is 0 Å². The Labute approximate surface area is 182 Å². The number of nitrogens with zero attached hydrogens (tertiary/aromatic N) is 3. The number of aromatic nitrogens is 2. The Kier molecular flexibility index (Phi) is 7.13. The van der Waals surface area contributed by atoms with Crippen LogP contribution in [-0.4, -0.2) is 35.8 Å². The minimum atomic E-state index is -0.0239. The normalized spacial score (nSPS) is 10.6. The number of pyridine rings is 2. The van der Waals surface area contributed by atoms with Crippen LogP contribution < -0.4 is 9.64 Å². The molecule has 0 saturated heterocycles. The number of ether oxygens (including phenoxy) is 1. The predicted molar refractivity (Wildman–Crippen MR) is 122 cm³/mol. The summed E-state index contributed by atoms with van der Waals surface area (Å²) >= 11 is 0. The van der Waals surface area contributed by atoms with Gasteiger partial charge in [-0.2, -0.15) is 0 Å². The molecule has 0 spiro atoms. The third kappa shape index (κ3) is 5.15. The average molecular weight is 418 g/mol. The Bertz CT molecular complexity index is 1080. The van der Waals surface area contributed by atoms with Crippen molar-refractivity contribution in [1.82, 2.24) is 9.97 Å². The molecule has 160 valence electrons. The molecule has 6 nitrogen and oxygen atoms in total. The quantitative estimate of drug-likeness (QED) is 0.499. The summed E-state index contributed by atoms with van der Waals surface area (Å²) in [6, 6.07) is 13.3. The van der Waals surface area contributed by atoms with Crippen molar-refractivity contribution >= 4 is 17.4 Å². The SMILES string of the molecule is CCC(=O)N(C)c1ccc(-c2ccc(C(=O)CCc3cccnc3OC)nc2)c(C)c1. The van der Waals surface area contributed by atoms with Gasteiger partial charge in [-0.3, -0.25) is 14.6 Å². The third-order valence-electron chi connectivity index (χ3n) is 5.30. The largest absolute Gasteiger partial charge is 0.481 e. The van der Waals surface area contributed by atoms with Gasteiger partial charge in [-0.1, -0.05) is 25.1 Å². The average Bonchev–Trinajstić information content (AvgIpc) is 2.81. The topological polar surface area (TPSA) is 72.4 Å². The minimum absolute atomic E-state index is 0.0239. The van der Waals surface area contributed by atoms with Gasteiger partial charge in [-0.05, 0) is 48.7 Å². The molecule has 0 atom stereocenters. The van der Waals surface area contributed by atoms with Crippen molar-refractivity contribution in [2.24, 2.45) is 0 Å². The van der Waals surface area contributed by atoms with Crippen molar-refractivity contribution in [2.45, 2.75) is 33.1 Å². The van der Waals surface area contributed by atoms with Gasteiger partial charge in [0, 0.05) is 49.1 Å². The molecule has 0 unspecified atom stereocenters. The molecule has 0 N–H and O–H groups in total. The van der Waals surface area contributed by atoms with Crippen molar-refractivity contribution in [1.29, 1.82) is 0 Å². The maximum absolute atomic E-state index is 12.6. The molecule has 3 rings (SSSR count). The molecule has 1 amide bonds. The van der Waals surface area contributed by atoms with E-state index < -0.39 is 0 Å². The summed E-state index contributed by atoms with van der Waals surface area (Å²) in [5.41, 5.74) is 5.19. The number of rotatable bonds is 8. The molecule has 3 aromatic rings. The highest BCUT2D eigenvalue weighted by molar-refractivity contribution is 5.95. The van der Waals surface area contributed by atoms with Gasteiger partial charge in [0.15, 0.2) is 5.78 Å². The smallest absolute Gasteiger partial charge is 0.226 e. The van der Waals surface area contributed by atoms with E-state index in [1.54, 1.807) is 37.5 Å². The van der Waals surface area contributed by atoms with Crippen LogP contribution in [0.4, 0.5) is 5.69 Å². The summed E-state index contributed by atoms with van der Waals surface area (Å²) in [7, 11) is 3.35. The van der Waals surface area contributed by atoms with Gasteiger partial charge in [0.1, 0.15) is 5.69 Å². The standard InChI is InChI=1S/C25H27N3O3/c1-5-24(30)28(3)20-10-11-21(17(2)15-20)19-8-12-22(27-16-19)23(29)13-9-18-7-6-14-26-25(18)31-4/h6-8,10-12,14-16H,5,9,13H2,1-4H3. The summed E-state index contributed by atoms with van der Waals surface area (Å²) in [6.07, 6.45) is 4.73. The fraction of sp³-hybridized carbons (Fsp3) is 0.280. The van der Waals surface area contributed by atoms with E-state index in [2.05, 4.69) is 9.97 Å². The molecule has 0 aliphatic carbocycles. The Morgan fingerprint density at radius 1 is 1.10 bits per heavy atom. The molecular weight excluding hydrogens is 390 g/mol. The van der Waals surface area contributed by atoms with Crippen LogP contribution in [0, 0.1) is 6.92 Å². The highest BCUT2D eigenvalue weighted by Gasteiger charge is 2.13. The summed E-state index contributed by atoms with van der Waals surface area (Å²) in [5, 5.41) is 0. The van der Waals surface area contributed by atoms with E-state index in [-0.39, 0.29) is 11.7 Å². The lowest BCUT2D eigenvalue weighted by molar-refractivity contribution is -0.118. The van der Waals surface area contributed by atoms with Gasteiger partial charge in [-0.15, -0.1) is 0 Å². The van der Waals surface area contributed by atoms with Gasteiger partial charge < -0.3 is 9.64 Å². The van der Waals surface area contributed by atoms with Crippen molar-refractivity contribution in [3.05, 3.63) is 71.7 Å². The van der Waals surface area contributed by atoms with Crippen LogP contribution in [0.15, 0.2) is 54.9 Å². The Morgan fingerprint density at radius 2 is 1.90 bits per heavy atom. The van der Waals surface area contributed by atoms with Crippen LogP contribution in [0.5, 0.6) is 5.88 Å². The number of Topliss-reactive ketones (excluding diaryl/α,β-unsaturated/α-hetero) is 1. The van der Waals surface area contributed by atoms with Gasteiger partial charge in [0.05, 0.1) is 7.11 Å². The molecule has 0 saturated carbocycles. The zero-order valence-electron chi connectivity index (χ0n) is 18.4. The number of amides is 1. The van der Waals surface area contributed by atoms with Gasteiger partial charge >= 0.3 is 0 Å². The monoisotopic (exact) mass is 417 g/mol. The summed E-state index contributed by atoms with van der Waals surface area (Å²) in [5.74, 6) is 0.591. The molecule has 2 heterocycles. The fourth-order valence-corrected chi connectivity index (χ4v) is 3.45. The highest BCUT2D eigenvalue weighted by atomic mass is 16.5. The van der Waals surface area contributed by atoms with E-state index in [1.807, 2.05) is 50.2 Å². The van der Waals surface area contributed by atoms with Crippen LogP contribution in [0.1, 0.15) is 41.4 Å². The lowest BCUT2D eigenvalue weighted by Gasteiger charge is -2.18. The molecule has 0 aliphatic rings. The second-order valence-electron chi connectivity index (χ2n) is 7.33. The van der Waals surface area contributed by atoms with Crippen molar-refractivity contribution in [3.8, 4) is 17.0 Å². The van der Waals surface area contributed by atoms with E-state index >= 15 is 0 Å². The number of carbonyl (C=O) groups excluding carboxylic acids is 2. The first-order valence-corrected chi connectivity index (χ1v) is 10.3. The first kappa shape index (κ1) is 22.2. The summed E-state index contributed by atoms with van der Waals surface area (Å²) in [6.45, 7) is 3.85. The second kappa shape index (κ2) is 9.98. The zero-order valence-corrected chi connectivity index (χ0v) is 18.4. The Morgan fingerprint density at radius 3 is 2.55 bits per heavy atom. The molecular formula is C25H27N3O3. The highest BCUT2D eigenvalue weighted by Crippen LogP contribution is 2.27. The van der Waals surface area contributed by atoms with Crippen LogP contribution in [-0.2, 0) is 11.2 Å². The fourth-order valence-electron chi connectivity index (χ4n) is 3.45. The van der Waals surface area contributed by atoms with Crippen molar-refractivity contribution < 1.29 is 14.3 Å². The number of anilines is 1. The molecule has 0 fully saturated rings. The lowest BCUT2D eigenvalue weighted by atomic mass is 10.00. The van der Waals surface area contributed by atoms with E-state index in [0.717, 1.165) is 27.9 Å². The van der Waals surface area contributed by atoms with Gasteiger partial charge in [0.2, 0.25) is 11.8 Å². The summed E-state index contributed by atoms with van der Waals surface area (Å²) < 4.78 is 5.24. The van der Waals surface area contributed by atoms with E-state index in [0.29, 0.717) is 30.8 Å². The minimum Gasteiger partial charge on any atom is -0.481 e. The third-order valence-corrected chi connectivity index (χ3v) is 5.30. The molecule has 31 heavy (non-hydrogen) atoms. The van der Waals surface area contributed by atoms with Gasteiger partial charge in [0.25, 0.3) is 0 Å².